The molecule has 1 fully saturated rings. The number of aliphatic hydroxyl groups is 1. The molecule has 0 amide bonds. The van der Waals surface area contributed by atoms with E-state index in [1.807, 2.05) is 12.1 Å². The average Bonchev–Trinajstić information content (AvgIpc) is 2.77. The fourth-order valence-corrected chi connectivity index (χ4v) is 2.72. The van der Waals surface area contributed by atoms with Crippen molar-refractivity contribution in [3.05, 3.63) is 33.8 Å². The van der Waals surface area contributed by atoms with Crippen molar-refractivity contribution in [3.8, 4) is 0 Å². The van der Waals surface area contributed by atoms with Gasteiger partial charge in [0.05, 0.1) is 5.60 Å². The summed E-state index contributed by atoms with van der Waals surface area (Å²) in [6.07, 6.45) is 1.98. The highest BCUT2D eigenvalue weighted by atomic mass is 79.9. The van der Waals surface area contributed by atoms with Crippen molar-refractivity contribution < 1.29 is 5.11 Å². The molecule has 1 saturated carbocycles. The van der Waals surface area contributed by atoms with Gasteiger partial charge in [-0.2, -0.15) is 0 Å². The van der Waals surface area contributed by atoms with E-state index >= 15 is 0 Å². The van der Waals surface area contributed by atoms with Gasteiger partial charge in [-0.05, 0) is 42.5 Å². The Kier molecular flexibility index (Phi) is 2.44. The number of rotatable bonds is 2. The fourth-order valence-electron chi connectivity index (χ4n) is 2.24. The first-order chi connectivity index (χ1) is 6.58. The van der Waals surface area contributed by atoms with Gasteiger partial charge < -0.3 is 5.11 Å². The van der Waals surface area contributed by atoms with Crippen molar-refractivity contribution >= 4 is 15.9 Å². The topological polar surface area (TPSA) is 20.2 Å². The van der Waals surface area contributed by atoms with Crippen LogP contribution >= 0.6 is 15.9 Å². The molecule has 0 spiro atoms. The highest BCUT2D eigenvalue weighted by molar-refractivity contribution is 9.10. The summed E-state index contributed by atoms with van der Waals surface area (Å²) in [6.45, 7) is 4.19. The van der Waals surface area contributed by atoms with Crippen LogP contribution in [0.15, 0.2) is 22.7 Å². The Labute approximate surface area is 93.3 Å². The van der Waals surface area contributed by atoms with E-state index in [4.69, 9.17) is 0 Å². The Morgan fingerprint density at radius 3 is 2.79 bits per heavy atom. The van der Waals surface area contributed by atoms with Gasteiger partial charge >= 0.3 is 0 Å². The lowest BCUT2D eigenvalue weighted by Crippen LogP contribution is -2.10. The van der Waals surface area contributed by atoms with Crippen LogP contribution in [0.4, 0.5) is 0 Å². The monoisotopic (exact) mass is 254 g/mol. The third kappa shape index (κ3) is 1.51. The van der Waals surface area contributed by atoms with Crippen LogP contribution in [0.2, 0.25) is 0 Å². The summed E-state index contributed by atoms with van der Waals surface area (Å²) in [5, 5.41) is 10.3. The smallest absolute Gasteiger partial charge is 0.0932 e. The normalized spacial score (nSPS) is 30.4. The summed E-state index contributed by atoms with van der Waals surface area (Å²) in [5.41, 5.74) is 1.75. The van der Waals surface area contributed by atoms with Crippen molar-refractivity contribution in [2.45, 2.75) is 32.3 Å². The molecule has 0 radical (unpaired) electrons. The van der Waals surface area contributed by atoms with E-state index in [9.17, 15) is 5.11 Å². The van der Waals surface area contributed by atoms with Crippen LogP contribution in [0.25, 0.3) is 0 Å². The van der Waals surface area contributed by atoms with Crippen molar-refractivity contribution in [2.24, 2.45) is 5.92 Å². The minimum Gasteiger partial charge on any atom is -0.385 e. The van der Waals surface area contributed by atoms with Crippen LogP contribution in [0.3, 0.4) is 0 Å². The number of aryl methyl sites for hydroxylation is 1. The molecule has 1 aromatic carbocycles. The average molecular weight is 255 g/mol. The number of benzene rings is 1. The molecule has 1 aliphatic carbocycles. The largest absolute Gasteiger partial charge is 0.385 e. The van der Waals surface area contributed by atoms with E-state index in [1.54, 1.807) is 0 Å². The number of hydrogen-bond acceptors (Lipinski definition) is 1. The first kappa shape index (κ1) is 10.2. The summed E-state index contributed by atoms with van der Waals surface area (Å²) < 4.78 is 1.08. The molecule has 2 atom stereocenters. The lowest BCUT2D eigenvalue weighted by molar-refractivity contribution is 0.129. The second kappa shape index (κ2) is 3.35. The van der Waals surface area contributed by atoms with Gasteiger partial charge in [0.1, 0.15) is 0 Å². The lowest BCUT2D eigenvalue weighted by Gasteiger charge is -2.13. The maximum Gasteiger partial charge on any atom is 0.0932 e. The summed E-state index contributed by atoms with van der Waals surface area (Å²) in [4.78, 5) is 0. The Morgan fingerprint density at radius 1 is 1.57 bits per heavy atom. The van der Waals surface area contributed by atoms with Crippen molar-refractivity contribution in [2.75, 3.05) is 0 Å². The van der Waals surface area contributed by atoms with Crippen LogP contribution in [0, 0.1) is 12.8 Å². The van der Waals surface area contributed by atoms with Crippen LogP contribution < -0.4 is 0 Å². The van der Waals surface area contributed by atoms with Gasteiger partial charge in [-0.3, -0.25) is 0 Å². The van der Waals surface area contributed by atoms with Gasteiger partial charge in [-0.25, -0.2) is 0 Å². The quantitative estimate of drug-likeness (QED) is 0.858. The first-order valence-electron chi connectivity index (χ1n) is 5.07. The third-order valence-corrected chi connectivity index (χ3v) is 3.71. The third-order valence-electron chi connectivity index (χ3n) is 3.22. The first-order valence-corrected chi connectivity index (χ1v) is 5.86. The molecule has 1 N–H and O–H groups in total. The number of halogens is 1. The molecule has 76 valence electrons. The molecule has 0 aromatic heterocycles. The van der Waals surface area contributed by atoms with Crippen molar-refractivity contribution in [1.29, 1.82) is 0 Å². The standard InChI is InChI=1S/C12H15BrO/c1-3-9-7-12(9,14)11-5-4-10(13)6-8(11)2/h4-6,9,14H,3,7H2,1-2H3. The Balaban J connectivity index is 2.34. The molecular formula is C12H15BrO. The second-order valence-electron chi connectivity index (χ2n) is 4.19. The fraction of sp³-hybridized carbons (Fsp3) is 0.500. The summed E-state index contributed by atoms with van der Waals surface area (Å²) in [6, 6.07) is 6.11. The molecule has 2 rings (SSSR count). The summed E-state index contributed by atoms with van der Waals surface area (Å²) in [5.74, 6) is 0.461. The Morgan fingerprint density at radius 2 is 2.29 bits per heavy atom. The predicted molar refractivity (Wildman–Crippen MR) is 61.2 cm³/mol. The van der Waals surface area contributed by atoms with E-state index in [0.717, 1.165) is 22.9 Å². The van der Waals surface area contributed by atoms with E-state index in [2.05, 4.69) is 35.8 Å². The van der Waals surface area contributed by atoms with Crippen LogP contribution in [0.5, 0.6) is 0 Å². The minimum absolute atomic E-state index is 0.461. The van der Waals surface area contributed by atoms with Crippen molar-refractivity contribution in [3.63, 3.8) is 0 Å². The molecule has 0 aliphatic heterocycles. The lowest BCUT2D eigenvalue weighted by atomic mass is 9.99. The molecule has 0 saturated heterocycles. The predicted octanol–water partition coefficient (Wildman–Crippen LogP) is 3.38. The van der Waals surface area contributed by atoms with E-state index in [1.165, 1.54) is 5.56 Å². The van der Waals surface area contributed by atoms with Gasteiger partial charge in [0.25, 0.3) is 0 Å². The molecule has 1 nitrogen and oxygen atoms in total. The Hall–Kier alpha value is -0.340. The van der Waals surface area contributed by atoms with Gasteiger partial charge in [-0.1, -0.05) is 35.3 Å². The van der Waals surface area contributed by atoms with Gasteiger partial charge in [0.2, 0.25) is 0 Å². The maximum atomic E-state index is 10.3. The second-order valence-corrected chi connectivity index (χ2v) is 5.11. The molecule has 2 heteroatoms. The zero-order valence-corrected chi connectivity index (χ0v) is 10.1. The Bertz CT molecular complexity index is 361. The van der Waals surface area contributed by atoms with Crippen molar-refractivity contribution in [1.82, 2.24) is 0 Å². The molecule has 0 bridgehead atoms. The maximum absolute atomic E-state index is 10.3. The van der Waals surface area contributed by atoms with Gasteiger partial charge in [-0.15, -0.1) is 0 Å². The van der Waals surface area contributed by atoms with Crippen LogP contribution in [-0.4, -0.2) is 5.11 Å². The highest BCUT2D eigenvalue weighted by Crippen LogP contribution is 2.54. The minimum atomic E-state index is -0.528. The SMILES string of the molecule is CCC1CC1(O)c1ccc(Br)cc1C. The molecule has 2 unspecified atom stereocenters. The number of hydrogen-bond donors (Lipinski definition) is 1. The molecular weight excluding hydrogens is 240 g/mol. The highest BCUT2D eigenvalue weighted by Gasteiger charge is 2.53. The molecule has 1 aliphatic rings. The van der Waals surface area contributed by atoms with Gasteiger partial charge in [0, 0.05) is 4.47 Å². The van der Waals surface area contributed by atoms with Crippen LogP contribution in [-0.2, 0) is 5.60 Å². The molecule has 14 heavy (non-hydrogen) atoms. The zero-order chi connectivity index (χ0) is 10.3. The van der Waals surface area contributed by atoms with E-state index < -0.39 is 5.60 Å². The molecule has 1 aromatic rings. The zero-order valence-electron chi connectivity index (χ0n) is 8.55. The van der Waals surface area contributed by atoms with E-state index in [-0.39, 0.29) is 0 Å². The van der Waals surface area contributed by atoms with E-state index in [0.29, 0.717) is 5.92 Å². The summed E-state index contributed by atoms with van der Waals surface area (Å²) in [7, 11) is 0. The molecule has 0 heterocycles. The van der Waals surface area contributed by atoms with Crippen LogP contribution in [0.1, 0.15) is 30.9 Å². The van der Waals surface area contributed by atoms with Gasteiger partial charge in [0.15, 0.2) is 0 Å². The summed E-state index contributed by atoms with van der Waals surface area (Å²) >= 11 is 3.43.